The van der Waals surface area contributed by atoms with Crippen molar-refractivity contribution in [3.8, 4) is 0 Å². The van der Waals surface area contributed by atoms with Crippen LogP contribution in [0.25, 0.3) is 0 Å². The minimum atomic E-state index is -4.03. The van der Waals surface area contributed by atoms with Crippen LogP contribution in [-0.4, -0.2) is 33.4 Å². The molecule has 7 nitrogen and oxygen atoms in total. The number of hydrogen-bond acceptors (Lipinski definition) is 5. The zero-order valence-corrected chi connectivity index (χ0v) is 21.4. The highest BCUT2D eigenvalue weighted by atomic mass is 32.2. The van der Waals surface area contributed by atoms with Gasteiger partial charge in [0.25, 0.3) is 10.0 Å². The number of carbonyl (C=O) groups excluding carboxylic acids is 2. The minimum absolute atomic E-state index is 0.0931. The lowest BCUT2D eigenvalue weighted by Gasteiger charge is -2.25. The van der Waals surface area contributed by atoms with Crippen molar-refractivity contribution in [1.29, 1.82) is 0 Å². The van der Waals surface area contributed by atoms with Crippen molar-refractivity contribution in [3.63, 3.8) is 0 Å². The third kappa shape index (κ3) is 6.27. The van der Waals surface area contributed by atoms with Gasteiger partial charge in [-0.15, -0.1) is 0 Å². The van der Waals surface area contributed by atoms with Crippen LogP contribution in [-0.2, 0) is 19.6 Å². The quantitative estimate of drug-likeness (QED) is 0.448. The lowest BCUT2D eigenvalue weighted by molar-refractivity contribution is -0.114. The van der Waals surface area contributed by atoms with Crippen LogP contribution in [0.5, 0.6) is 0 Å². The Kier molecular flexibility index (Phi) is 7.96. The second-order valence-electron chi connectivity index (χ2n) is 8.47. The normalized spacial score (nSPS) is 11.1. The molecule has 3 aromatic rings. The van der Waals surface area contributed by atoms with E-state index in [-0.39, 0.29) is 11.5 Å². The van der Waals surface area contributed by atoms with Gasteiger partial charge in [-0.05, 0) is 87.7 Å². The van der Waals surface area contributed by atoms with Crippen LogP contribution in [0, 0.1) is 27.7 Å². The number of rotatable bonds is 8. The highest BCUT2D eigenvalue weighted by Gasteiger charge is 2.28. The third-order valence-electron chi connectivity index (χ3n) is 5.41. The summed E-state index contributed by atoms with van der Waals surface area (Å²) in [5.74, 6) is -1.04. The minimum Gasteiger partial charge on any atom is -0.462 e. The van der Waals surface area contributed by atoms with Gasteiger partial charge in [0.1, 0.15) is 6.54 Å². The first-order valence-electron chi connectivity index (χ1n) is 11.3. The first-order valence-corrected chi connectivity index (χ1v) is 12.7. The molecule has 8 heteroatoms. The Morgan fingerprint density at radius 1 is 0.857 bits per heavy atom. The Labute approximate surface area is 206 Å². The Hall–Kier alpha value is -3.65. The number of nitrogens with zero attached hydrogens (tertiary/aromatic N) is 1. The maximum absolute atomic E-state index is 13.6. The molecule has 184 valence electrons. The van der Waals surface area contributed by atoms with Crippen LogP contribution in [0.1, 0.15) is 39.5 Å². The van der Waals surface area contributed by atoms with Crippen LogP contribution in [0.2, 0.25) is 0 Å². The molecule has 0 heterocycles. The molecule has 1 N–H and O–H groups in total. The maximum Gasteiger partial charge on any atom is 0.338 e. The molecule has 3 aromatic carbocycles. The second kappa shape index (κ2) is 10.7. The molecule has 0 saturated carbocycles. The lowest BCUT2D eigenvalue weighted by atomic mass is 10.1. The second-order valence-corrected chi connectivity index (χ2v) is 10.3. The van der Waals surface area contributed by atoms with E-state index in [1.54, 1.807) is 50.2 Å². The molecule has 0 unspecified atom stereocenters. The zero-order valence-electron chi connectivity index (χ0n) is 20.6. The van der Waals surface area contributed by atoms with Gasteiger partial charge in [0, 0.05) is 5.69 Å². The fraction of sp³-hybridized carbons (Fsp3) is 0.259. The maximum atomic E-state index is 13.6. The number of benzene rings is 3. The molecule has 0 radical (unpaired) electrons. The van der Waals surface area contributed by atoms with Crippen molar-refractivity contribution in [2.24, 2.45) is 0 Å². The van der Waals surface area contributed by atoms with Crippen LogP contribution in [0.15, 0.2) is 65.6 Å². The first-order chi connectivity index (χ1) is 16.5. The smallest absolute Gasteiger partial charge is 0.338 e. The average molecular weight is 495 g/mol. The van der Waals surface area contributed by atoms with Crippen LogP contribution < -0.4 is 9.62 Å². The summed E-state index contributed by atoms with van der Waals surface area (Å²) < 4.78 is 33.4. The molecule has 0 atom stereocenters. The van der Waals surface area contributed by atoms with E-state index < -0.39 is 28.4 Å². The van der Waals surface area contributed by atoms with Crippen LogP contribution in [0.3, 0.4) is 0 Å². The molecular formula is C27H30N2O5S. The first kappa shape index (κ1) is 26.0. The van der Waals surface area contributed by atoms with Crippen molar-refractivity contribution < 1.29 is 22.7 Å². The van der Waals surface area contributed by atoms with Gasteiger partial charge in [-0.1, -0.05) is 29.8 Å². The summed E-state index contributed by atoms with van der Waals surface area (Å²) in [5.41, 5.74) is 4.52. The average Bonchev–Trinajstić information content (AvgIpc) is 2.78. The van der Waals surface area contributed by atoms with Gasteiger partial charge >= 0.3 is 5.97 Å². The summed E-state index contributed by atoms with van der Waals surface area (Å²) in [6, 6.07) is 16.8. The topological polar surface area (TPSA) is 92.8 Å². The number of hydrogen-bond donors (Lipinski definition) is 1. The molecular weight excluding hydrogens is 464 g/mol. The predicted molar refractivity (Wildman–Crippen MR) is 137 cm³/mol. The van der Waals surface area contributed by atoms with E-state index in [4.69, 9.17) is 4.74 Å². The third-order valence-corrected chi connectivity index (χ3v) is 7.20. The van der Waals surface area contributed by atoms with Gasteiger partial charge in [-0.3, -0.25) is 9.10 Å². The van der Waals surface area contributed by atoms with Gasteiger partial charge in [0.05, 0.1) is 22.8 Å². The highest BCUT2D eigenvalue weighted by Crippen LogP contribution is 2.27. The van der Waals surface area contributed by atoms with E-state index in [0.717, 1.165) is 26.6 Å². The lowest BCUT2D eigenvalue weighted by Crippen LogP contribution is -2.38. The van der Waals surface area contributed by atoms with E-state index in [1.807, 2.05) is 26.8 Å². The van der Waals surface area contributed by atoms with E-state index in [9.17, 15) is 18.0 Å². The summed E-state index contributed by atoms with van der Waals surface area (Å²) in [7, 11) is -4.03. The van der Waals surface area contributed by atoms with Crippen molar-refractivity contribution in [2.75, 3.05) is 22.8 Å². The highest BCUT2D eigenvalue weighted by molar-refractivity contribution is 7.92. The Balaban J connectivity index is 1.97. The van der Waals surface area contributed by atoms with Gasteiger partial charge in [-0.2, -0.15) is 0 Å². The van der Waals surface area contributed by atoms with Crippen molar-refractivity contribution in [2.45, 2.75) is 39.5 Å². The largest absolute Gasteiger partial charge is 0.462 e. The number of esters is 1. The molecule has 0 bridgehead atoms. The molecule has 0 aliphatic carbocycles. The molecule has 0 saturated heterocycles. The Morgan fingerprint density at radius 2 is 1.49 bits per heavy atom. The predicted octanol–water partition coefficient (Wildman–Crippen LogP) is 4.93. The number of amides is 1. The molecule has 1 amide bonds. The van der Waals surface area contributed by atoms with E-state index in [1.165, 1.54) is 18.2 Å². The Bertz CT molecular complexity index is 1330. The molecule has 0 spiro atoms. The summed E-state index contributed by atoms with van der Waals surface area (Å²) in [6.07, 6.45) is 0. The van der Waals surface area contributed by atoms with Gasteiger partial charge in [0.2, 0.25) is 5.91 Å². The fourth-order valence-electron chi connectivity index (χ4n) is 3.67. The van der Waals surface area contributed by atoms with Crippen molar-refractivity contribution in [3.05, 3.63) is 88.5 Å². The van der Waals surface area contributed by atoms with Crippen molar-refractivity contribution in [1.82, 2.24) is 0 Å². The monoisotopic (exact) mass is 494 g/mol. The fourth-order valence-corrected chi connectivity index (χ4v) is 5.07. The summed E-state index contributed by atoms with van der Waals surface area (Å²) >= 11 is 0. The molecule has 0 fully saturated rings. The number of aryl methyl sites for hydroxylation is 4. The van der Waals surface area contributed by atoms with E-state index in [0.29, 0.717) is 16.9 Å². The number of nitrogens with one attached hydrogen (secondary N) is 1. The van der Waals surface area contributed by atoms with E-state index >= 15 is 0 Å². The number of sulfonamides is 1. The van der Waals surface area contributed by atoms with Crippen LogP contribution in [0.4, 0.5) is 11.4 Å². The molecule has 0 aliphatic heterocycles. The van der Waals surface area contributed by atoms with Gasteiger partial charge < -0.3 is 10.1 Å². The SMILES string of the molecule is CCOC(=O)c1ccc(C)c(NC(=O)CN(c2cc(C)cc(C)c2)S(=O)(=O)c2ccc(C)cc2)c1. The summed E-state index contributed by atoms with van der Waals surface area (Å²) in [5, 5.41) is 2.76. The molecule has 3 rings (SSSR count). The Morgan fingerprint density at radius 3 is 2.09 bits per heavy atom. The van der Waals surface area contributed by atoms with Crippen LogP contribution >= 0.6 is 0 Å². The summed E-state index contributed by atoms with van der Waals surface area (Å²) in [4.78, 5) is 25.3. The number of carbonyl (C=O) groups is 2. The molecule has 0 aliphatic rings. The number of ether oxygens (including phenoxy) is 1. The summed E-state index contributed by atoms with van der Waals surface area (Å²) in [6.45, 7) is 8.91. The number of anilines is 2. The van der Waals surface area contributed by atoms with Gasteiger partial charge in [-0.25, -0.2) is 13.2 Å². The zero-order chi connectivity index (χ0) is 25.8. The van der Waals surface area contributed by atoms with Crippen molar-refractivity contribution >= 4 is 33.3 Å². The standard InChI is InChI=1S/C27H30N2O5S/c1-6-34-27(31)22-10-9-21(5)25(16-22)28-26(30)17-29(23-14-19(3)13-20(4)15-23)35(32,33)24-11-7-18(2)8-12-24/h7-16H,6,17H2,1-5H3,(H,28,30). The van der Waals surface area contributed by atoms with Gasteiger partial charge in [0.15, 0.2) is 0 Å². The molecule has 35 heavy (non-hydrogen) atoms. The molecule has 0 aromatic heterocycles. The van der Waals surface area contributed by atoms with E-state index in [2.05, 4.69) is 5.32 Å².